The van der Waals surface area contributed by atoms with E-state index in [1.165, 1.54) is 0 Å². The average Bonchev–Trinajstić information content (AvgIpc) is 2.94. The number of nitrogens with zero attached hydrogens (tertiary/aromatic N) is 1. The van der Waals surface area contributed by atoms with Crippen molar-refractivity contribution in [1.29, 1.82) is 0 Å². The first-order valence-corrected chi connectivity index (χ1v) is 11.7. The number of carbonyl (C=O) groups is 1. The summed E-state index contributed by atoms with van der Waals surface area (Å²) in [6.07, 6.45) is 6.64. The quantitative estimate of drug-likeness (QED) is 0.482. The van der Waals surface area contributed by atoms with Crippen LogP contribution >= 0.6 is 0 Å². The minimum Gasteiger partial charge on any atom is -0.380 e. The molecule has 1 aliphatic heterocycles. The zero-order chi connectivity index (χ0) is 21.4. The van der Waals surface area contributed by atoms with E-state index in [4.69, 9.17) is 0 Å². The molecule has 0 unspecified atom stereocenters. The monoisotopic (exact) mass is 435 g/mol. The van der Waals surface area contributed by atoms with Crippen LogP contribution in [0.3, 0.4) is 0 Å². The fourth-order valence-corrected chi connectivity index (χ4v) is 7.56. The van der Waals surface area contributed by atoms with Crippen LogP contribution in [0.5, 0.6) is 0 Å². The van der Waals surface area contributed by atoms with Crippen LogP contribution in [0.25, 0.3) is 0 Å². The second-order valence-corrected chi connectivity index (χ2v) is 11.3. The lowest BCUT2D eigenvalue weighted by Gasteiger charge is -2.61. The Morgan fingerprint density at radius 1 is 1.14 bits per heavy atom. The van der Waals surface area contributed by atoms with E-state index in [0.717, 1.165) is 25.7 Å². The number of carbonyl (C=O) groups excluding carboxylic acids is 1. The van der Waals surface area contributed by atoms with Crippen LogP contribution in [0.4, 0.5) is 13.2 Å². The van der Waals surface area contributed by atoms with Gasteiger partial charge < -0.3 is 9.08 Å². The van der Waals surface area contributed by atoms with Crippen LogP contribution in [-0.2, 0) is 19.1 Å². The summed E-state index contributed by atoms with van der Waals surface area (Å²) in [4.78, 5) is 14.1. The second kappa shape index (κ2) is 6.37. The van der Waals surface area contributed by atoms with Gasteiger partial charge in [0.2, 0.25) is 5.91 Å². The number of allylic oxidation sites excluding steroid dienone is 2. The van der Waals surface area contributed by atoms with E-state index in [-0.39, 0.29) is 29.0 Å². The summed E-state index contributed by atoms with van der Waals surface area (Å²) in [6.45, 7) is 4.11. The standard InChI is InChI=1S/C20H28F3NO4S/c1-18-11-9-17(25)24(3)15(18)6-4-12-13-5-7-16(19(13,2)10-8-14(12)18)28-29(26,27)20(21,22)23/h7,12-15H,4-6,8-11H2,1-3H3/t12-,13-,14-,15+,18+,19-/m0/s1. The fraction of sp³-hybridized carbons (Fsp3) is 0.850. The summed E-state index contributed by atoms with van der Waals surface area (Å²) in [5.74, 6) is 0.883. The number of hydrogen-bond donors (Lipinski definition) is 0. The molecule has 0 aromatic rings. The van der Waals surface area contributed by atoms with E-state index in [2.05, 4.69) is 11.1 Å². The van der Waals surface area contributed by atoms with Crippen molar-refractivity contribution in [2.75, 3.05) is 7.05 Å². The van der Waals surface area contributed by atoms with Gasteiger partial charge in [0.05, 0.1) is 0 Å². The van der Waals surface area contributed by atoms with Crippen LogP contribution in [0, 0.1) is 28.6 Å². The number of hydrogen-bond acceptors (Lipinski definition) is 4. The third-order valence-electron chi connectivity index (χ3n) is 8.55. The highest BCUT2D eigenvalue weighted by atomic mass is 32.2. The normalized spacial score (nSPS) is 42.6. The van der Waals surface area contributed by atoms with E-state index in [1.54, 1.807) is 6.08 Å². The highest BCUT2D eigenvalue weighted by molar-refractivity contribution is 7.87. The van der Waals surface area contributed by atoms with Gasteiger partial charge in [-0.1, -0.05) is 13.8 Å². The van der Waals surface area contributed by atoms with Gasteiger partial charge in [0.15, 0.2) is 0 Å². The van der Waals surface area contributed by atoms with Crippen molar-refractivity contribution in [3.8, 4) is 0 Å². The Morgan fingerprint density at radius 3 is 2.48 bits per heavy atom. The molecule has 1 heterocycles. The van der Waals surface area contributed by atoms with Gasteiger partial charge in [0.1, 0.15) is 5.76 Å². The van der Waals surface area contributed by atoms with Crippen molar-refractivity contribution in [2.45, 2.75) is 70.3 Å². The SMILES string of the molecule is CN1C(=O)CC[C@]2(C)[C@H]3CC[C@]4(C)C(OS(=O)(=O)C(F)(F)F)=CC[C@H]4[C@@H]3CC[C@@H]12. The maximum atomic E-state index is 12.8. The van der Waals surface area contributed by atoms with Gasteiger partial charge >= 0.3 is 15.6 Å². The molecule has 3 aliphatic carbocycles. The molecule has 0 radical (unpaired) electrons. The molecule has 29 heavy (non-hydrogen) atoms. The predicted molar refractivity (Wildman–Crippen MR) is 99.7 cm³/mol. The van der Waals surface area contributed by atoms with Crippen molar-refractivity contribution in [1.82, 2.24) is 4.90 Å². The molecule has 6 atom stereocenters. The molecule has 5 nitrogen and oxygen atoms in total. The molecule has 4 rings (SSSR count). The maximum absolute atomic E-state index is 12.8. The molecule has 0 bridgehead atoms. The van der Waals surface area contributed by atoms with Gasteiger partial charge in [-0.15, -0.1) is 0 Å². The number of likely N-dealkylation sites (tertiary alicyclic amines) is 1. The van der Waals surface area contributed by atoms with Gasteiger partial charge in [0, 0.05) is 24.9 Å². The van der Waals surface area contributed by atoms with Gasteiger partial charge in [-0.2, -0.15) is 21.6 Å². The molecule has 1 amide bonds. The molecule has 0 aromatic heterocycles. The average molecular weight is 436 g/mol. The van der Waals surface area contributed by atoms with E-state index in [0.29, 0.717) is 31.1 Å². The van der Waals surface area contributed by atoms with Crippen LogP contribution in [0.1, 0.15) is 58.8 Å². The second-order valence-electron chi connectivity index (χ2n) is 9.72. The van der Waals surface area contributed by atoms with Crippen LogP contribution in [-0.4, -0.2) is 37.8 Å². The third-order valence-corrected chi connectivity index (χ3v) is 9.52. The molecule has 2 saturated carbocycles. The summed E-state index contributed by atoms with van der Waals surface area (Å²) >= 11 is 0. The molecule has 1 saturated heterocycles. The molecule has 0 N–H and O–H groups in total. The van der Waals surface area contributed by atoms with Crippen molar-refractivity contribution < 1.29 is 30.6 Å². The Balaban J connectivity index is 1.59. The zero-order valence-corrected chi connectivity index (χ0v) is 17.8. The van der Waals surface area contributed by atoms with Gasteiger partial charge in [-0.25, -0.2) is 0 Å². The first-order chi connectivity index (χ1) is 13.3. The summed E-state index contributed by atoms with van der Waals surface area (Å²) in [5.41, 5.74) is -6.13. The van der Waals surface area contributed by atoms with Gasteiger partial charge in [-0.05, 0) is 67.8 Å². The first kappa shape index (κ1) is 21.0. The Morgan fingerprint density at radius 2 is 1.83 bits per heavy atom. The fourth-order valence-electron chi connectivity index (χ4n) is 6.97. The Kier molecular flexibility index (Phi) is 4.62. The van der Waals surface area contributed by atoms with Crippen molar-refractivity contribution >= 4 is 16.0 Å². The summed E-state index contributed by atoms with van der Waals surface area (Å²) in [6, 6.07) is 0.199. The number of fused-ring (bicyclic) bond motifs is 5. The van der Waals surface area contributed by atoms with Gasteiger partial charge in [0.25, 0.3) is 0 Å². The van der Waals surface area contributed by atoms with Crippen LogP contribution in [0.2, 0.25) is 0 Å². The first-order valence-electron chi connectivity index (χ1n) is 10.3. The van der Waals surface area contributed by atoms with Gasteiger partial charge in [-0.3, -0.25) is 4.79 Å². The highest BCUT2D eigenvalue weighted by Gasteiger charge is 2.61. The third kappa shape index (κ3) is 2.93. The number of alkyl halides is 3. The number of amides is 1. The molecular formula is C20H28F3NO4S. The molecule has 9 heteroatoms. The van der Waals surface area contributed by atoms with E-state index in [9.17, 15) is 26.4 Å². The summed E-state index contributed by atoms with van der Waals surface area (Å²) in [5, 5.41) is 0. The number of halogens is 3. The molecule has 164 valence electrons. The Labute approximate surface area is 169 Å². The van der Waals surface area contributed by atoms with E-state index < -0.39 is 21.0 Å². The summed E-state index contributed by atoms with van der Waals surface area (Å²) < 4.78 is 66.3. The topological polar surface area (TPSA) is 63.7 Å². The van der Waals surface area contributed by atoms with Crippen molar-refractivity contribution in [3.05, 3.63) is 11.8 Å². The molecule has 0 spiro atoms. The largest absolute Gasteiger partial charge is 0.534 e. The number of rotatable bonds is 2. The Hall–Kier alpha value is -1.25. The molecule has 4 aliphatic rings. The lowest BCUT2D eigenvalue weighted by atomic mass is 9.47. The maximum Gasteiger partial charge on any atom is 0.534 e. The number of piperidine rings is 1. The summed E-state index contributed by atoms with van der Waals surface area (Å²) in [7, 11) is -3.78. The lowest BCUT2D eigenvalue weighted by Crippen LogP contribution is -2.61. The molecule has 3 fully saturated rings. The minimum atomic E-state index is -5.66. The Bertz CT molecular complexity index is 854. The lowest BCUT2D eigenvalue weighted by molar-refractivity contribution is -0.156. The zero-order valence-electron chi connectivity index (χ0n) is 17.0. The molecular weight excluding hydrogens is 407 g/mol. The smallest absolute Gasteiger partial charge is 0.380 e. The minimum absolute atomic E-state index is 0.00539. The van der Waals surface area contributed by atoms with Crippen molar-refractivity contribution in [2.24, 2.45) is 28.6 Å². The van der Waals surface area contributed by atoms with Crippen molar-refractivity contribution in [3.63, 3.8) is 0 Å². The molecule has 0 aromatic carbocycles. The van der Waals surface area contributed by atoms with Crippen LogP contribution < -0.4 is 0 Å². The highest BCUT2D eigenvalue weighted by Crippen LogP contribution is 2.65. The van der Waals surface area contributed by atoms with E-state index >= 15 is 0 Å². The van der Waals surface area contributed by atoms with Crippen LogP contribution in [0.15, 0.2) is 11.8 Å². The van der Waals surface area contributed by atoms with E-state index in [1.807, 2.05) is 18.9 Å². The predicted octanol–water partition coefficient (Wildman–Crippen LogP) is 4.21.